The minimum Gasteiger partial charge on any atom is -0.354 e. The highest BCUT2D eigenvalue weighted by Crippen LogP contribution is 2.24. The van der Waals surface area contributed by atoms with Gasteiger partial charge in [-0.2, -0.15) is 0 Å². The molecule has 0 spiro atoms. The van der Waals surface area contributed by atoms with E-state index in [1.54, 1.807) is 0 Å². The van der Waals surface area contributed by atoms with Crippen molar-refractivity contribution in [3.05, 3.63) is 23.4 Å². The maximum Gasteiger partial charge on any atom is 0.129 e. The highest BCUT2D eigenvalue weighted by atomic mass is 15.2. The molecule has 1 atom stereocenters. The lowest BCUT2D eigenvalue weighted by Crippen LogP contribution is -2.38. The molecule has 1 unspecified atom stereocenters. The monoisotopic (exact) mass is 261 g/mol. The molecular formula is C16H27N3. The van der Waals surface area contributed by atoms with Gasteiger partial charge in [0.2, 0.25) is 0 Å². The molecule has 3 heteroatoms. The molecular weight excluding hydrogens is 234 g/mol. The number of piperidine rings is 1. The van der Waals surface area contributed by atoms with Gasteiger partial charge in [0.1, 0.15) is 5.82 Å². The fourth-order valence-corrected chi connectivity index (χ4v) is 2.77. The topological polar surface area (TPSA) is 28.2 Å². The van der Waals surface area contributed by atoms with Gasteiger partial charge < -0.3 is 10.2 Å². The second kappa shape index (κ2) is 6.90. The highest BCUT2D eigenvalue weighted by molar-refractivity contribution is 5.44. The van der Waals surface area contributed by atoms with E-state index in [0.29, 0.717) is 6.04 Å². The van der Waals surface area contributed by atoms with Crippen LogP contribution >= 0.6 is 0 Å². The fourth-order valence-electron chi connectivity index (χ4n) is 2.77. The lowest BCUT2D eigenvalue weighted by atomic mass is 10.0. The van der Waals surface area contributed by atoms with Crippen molar-refractivity contribution in [3.63, 3.8) is 0 Å². The van der Waals surface area contributed by atoms with E-state index in [4.69, 9.17) is 4.98 Å². The van der Waals surface area contributed by atoms with Crippen LogP contribution < -0.4 is 10.2 Å². The molecule has 0 radical (unpaired) electrons. The number of hydrogen-bond donors (Lipinski definition) is 1. The first-order chi connectivity index (χ1) is 9.24. The third kappa shape index (κ3) is 3.69. The second-order valence-corrected chi connectivity index (χ2v) is 5.50. The molecule has 3 nitrogen and oxygen atoms in total. The van der Waals surface area contributed by atoms with Crippen LogP contribution in [0.1, 0.15) is 51.3 Å². The Kier molecular flexibility index (Phi) is 5.20. The van der Waals surface area contributed by atoms with E-state index in [-0.39, 0.29) is 0 Å². The van der Waals surface area contributed by atoms with Gasteiger partial charge >= 0.3 is 0 Å². The summed E-state index contributed by atoms with van der Waals surface area (Å²) in [6, 6.07) is 5.13. The summed E-state index contributed by atoms with van der Waals surface area (Å²) in [7, 11) is 0. The molecule has 1 saturated heterocycles. The minimum absolute atomic E-state index is 0.625. The summed E-state index contributed by atoms with van der Waals surface area (Å²) >= 11 is 0. The lowest BCUT2D eigenvalue weighted by Gasteiger charge is -2.35. The molecule has 106 valence electrons. The Morgan fingerprint density at radius 2 is 2.16 bits per heavy atom. The van der Waals surface area contributed by atoms with Crippen LogP contribution in [0.3, 0.4) is 0 Å². The largest absolute Gasteiger partial charge is 0.354 e. The van der Waals surface area contributed by atoms with Crippen molar-refractivity contribution in [2.75, 3.05) is 18.0 Å². The predicted molar refractivity (Wildman–Crippen MR) is 81.7 cm³/mol. The van der Waals surface area contributed by atoms with Crippen molar-refractivity contribution in [3.8, 4) is 0 Å². The van der Waals surface area contributed by atoms with Crippen LogP contribution in [0.25, 0.3) is 0 Å². The summed E-state index contributed by atoms with van der Waals surface area (Å²) in [5.74, 6) is 1.18. The van der Waals surface area contributed by atoms with Gasteiger partial charge in [-0.25, -0.2) is 4.98 Å². The van der Waals surface area contributed by atoms with Gasteiger partial charge in [-0.1, -0.05) is 13.8 Å². The summed E-state index contributed by atoms with van der Waals surface area (Å²) in [6.45, 7) is 9.77. The first-order valence-electron chi connectivity index (χ1n) is 7.71. The Hall–Kier alpha value is -1.09. The molecule has 0 aliphatic carbocycles. The third-order valence-corrected chi connectivity index (χ3v) is 3.96. The molecule has 2 rings (SSSR count). The van der Waals surface area contributed by atoms with Crippen LogP contribution in [-0.2, 0) is 13.0 Å². The van der Waals surface area contributed by atoms with E-state index in [2.05, 4.69) is 43.1 Å². The maximum absolute atomic E-state index is 4.83. The summed E-state index contributed by atoms with van der Waals surface area (Å²) in [5.41, 5.74) is 2.57. The second-order valence-electron chi connectivity index (χ2n) is 5.50. The summed E-state index contributed by atoms with van der Waals surface area (Å²) in [6.07, 6.45) is 4.95. The first-order valence-corrected chi connectivity index (χ1v) is 7.71. The Bertz CT molecular complexity index is 403. The van der Waals surface area contributed by atoms with Gasteiger partial charge in [0.25, 0.3) is 0 Å². The molecule has 0 saturated carbocycles. The average Bonchev–Trinajstić information content (AvgIpc) is 2.45. The van der Waals surface area contributed by atoms with E-state index in [1.165, 1.54) is 36.3 Å². The molecule has 0 bridgehead atoms. The van der Waals surface area contributed by atoms with Gasteiger partial charge in [0.05, 0.1) is 0 Å². The summed E-state index contributed by atoms with van der Waals surface area (Å²) in [4.78, 5) is 7.32. The predicted octanol–water partition coefficient (Wildman–Crippen LogP) is 3.13. The van der Waals surface area contributed by atoms with Crippen molar-refractivity contribution in [2.24, 2.45) is 0 Å². The van der Waals surface area contributed by atoms with Crippen molar-refractivity contribution >= 4 is 5.82 Å². The SMILES string of the molecule is CCNCc1cc(CC)nc(N2CCCCC2C)c1. The van der Waals surface area contributed by atoms with E-state index in [9.17, 15) is 0 Å². The maximum atomic E-state index is 4.83. The van der Waals surface area contributed by atoms with Crippen LogP contribution in [0.5, 0.6) is 0 Å². The Morgan fingerprint density at radius 1 is 1.32 bits per heavy atom. The molecule has 1 aromatic rings. The number of hydrogen-bond acceptors (Lipinski definition) is 3. The van der Waals surface area contributed by atoms with Crippen LogP contribution in [0.15, 0.2) is 12.1 Å². The van der Waals surface area contributed by atoms with Gasteiger partial charge in [0.15, 0.2) is 0 Å². The Labute approximate surface area is 117 Å². The van der Waals surface area contributed by atoms with E-state index in [1.807, 2.05) is 0 Å². The fraction of sp³-hybridized carbons (Fsp3) is 0.688. The molecule has 0 amide bonds. The molecule has 19 heavy (non-hydrogen) atoms. The van der Waals surface area contributed by atoms with Crippen LogP contribution in [-0.4, -0.2) is 24.1 Å². The summed E-state index contributed by atoms with van der Waals surface area (Å²) in [5, 5.41) is 3.41. The zero-order valence-electron chi connectivity index (χ0n) is 12.6. The molecule has 1 aromatic heterocycles. The Balaban J connectivity index is 2.22. The number of nitrogens with one attached hydrogen (secondary N) is 1. The zero-order chi connectivity index (χ0) is 13.7. The average molecular weight is 261 g/mol. The first kappa shape index (κ1) is 14.3. The van der Waals surface area contributed by atoms with Crippen LogP contribution in [0.2, 0.25) is 0 Å². The highest BCUT2D eigenvalue weighted by Gasteiger charge is 2.20. The minimum atomic E-state index is 0.625. The molecule has 1 aliphatic heterocycles. The van der Waals surface area contributed by atoms with Crippen molar-refractivity contribution in [1.29, 1.82) is 0 Å². The quantitative estimate of drug-likeness (QED) is 0.882. The molecule has 2 heterocycles. The number of anilines is 1. The Morgan fingerprint density at radius 3 is 2.84 bits per heavy atom. The molecule has 1 aliphatic rings. The van der Waals surface area contributed by atoms with Gasteiger partial charge in [-0.05, 0) is 56.8 Å². The number of rotatable bonds is 5. The standard InChI is InChI=1S/C16H27N3/c1-4-15-10-14(12-17-5-2)11-16(18-15)19-9-7-6-8-13(19)3/h10-11,13,17H,4-9,12H2,1-3H3. The van der Waals surface area contributed by atoms with Crippen molar-refractivity contribution in [2.45, 2.75) is 59.0 Å². The number of pyridine rings is 1. The van der Waals surface area contributed by atoms with E-state index < -0.39 is 0 Å². The van der Waals surface area contributed by atoms with Crippen LogP contribution in [0.4, 0.5) is 5.82 Å². The van der Waals surface area contributed by atoms with E-state index >= 15 is 0 Å². The van der Waals surface area contributed by atoms with Gasteiger partial charge in [-0.3, -0.25) is 0 Å². The number of aromatic nitrogens is 1. The van der Waals surface area contributed by atoms with Crippen LogP contribution in [0, 0.1) is 0 Å². The lowest BCUT2D eigenvalue weighted by molar-refractivity contribution is 0.480. The zero-order valence-corrected chi connectivity index (χ0v) is 12.6. The summed E-state index contributed by atoms with van der Waals surface area (Å²) < 4.78 is 0. The van der Waals surface area contributed by atoms with Gasteiger partial charge in [0, 0.05) is 24.8 Å². The molecule has 1 fully saturated rings. The smallest absolute Gasteiger partial charge is 0.129 e. The number of nitrogens with zero attached hydrogens (tertiary/aromatic N) is 2. The van der Waals surface area contributed by atoms with E-state index in [0.717, 1.165) is 26.1 Å². The van der Waals surface area contributed by atoms with Gasteiger partial charge in [-0.15, -0.1) is 0 Å². The van der Waals surface area contributed by atoms with Crippen molar-refractivity contribution < 1.29 is 0 Å². The molecule has 0 aromatic carbocycles. The normalized spacial score (nSPS) is 19.7. The molecule has 1 N–H and O–H groups in total. The number of aryl methyl sites for hydroxylation is 1. The third-order valence-electron chi connectivity index (χ3n) is 3.96. The van der Waals surface area contributed by atoms with Crippen molar-refractivity contribution in [1.82, 2.24) is 10.3 Å².